The molecule has 3 N–H and O–H groups in total. The van der Waals surface area contributed by atoms with Crippen LogP contribution in [0.15, 0.2) is 18.2 Å². The van der Waals surface area contributed by atoms with Gasteiger partial charge in [-0.3, -0.25) is 10.1 Å². The third-order valence-electron chi connectivity index (χ3n) is 2.75. The van der Waals surface area contributed by atoms with E-state index in [2.05, 4.69) is 5.32 Å². The third-order valence-corrected chi connectivity index (χ3v) is 2.75. The minimum Gasteiger partial charge on any atom is -0.393 e. The van der Waals surface area contributed by atoms with Gasteiger partial charge >= 0.3 is 0 Å². The number of anilines is 1. The molecule has 2 rings (SSSR count). The summed E-state index contributed by atoms with van der Waals surface area (Å²) in [4.78, 5) is 10.3. The fraction of sp³-hybridized carbons (Fsp3) is 0.400. The minimum absolute atomic E-state index is 0.00111. The van der Waals surface area contributed by atoms with E-state index < -0.39 is 4.92 Å². The van der Waals surface area contributed by atoms with Crippen molar-refractivity contribution >= 4 is 11.4 Å². The van der Waals surface area contributed by atoms with Gasteiger partial charge in [0.05, 0.1) is 4.92 Å². The largest absolute Gasteiger partial charge is 0.393 e. The summed E-state index contributed by atoms with van der Waals surface area (Å²) in [5, 5.41) is 14.0. The Kier molecular flexibility index (Phi) is 2.55. The number of hydrogen-bond acceptors (Lipinski definition) is 4. The highest BCUT2D eigenvalue weighted by Crippen LogP contribution is 2.32. The zero-order valence-corrected chi connectivity index (χ0v) is 8.27. The molecule has 1 aliphatic rings. The maximum absolute atomic E-state index is 10.7. The highest BCUT2D eigenvalue weighted by molar-refractivity contribution is 5.64. The maximum atomic E-state index is 10.7. The molecule has 0 saturated carbocycles. The molecule has 1 atom stereocenters. The van der Waals surface area contributed by atoms with Gasteiger partial charge in [0.1, 0.15) is 5.69 Å². The molecular weight excluding hydrogens is 194 g/mol. The van der Waals surface area contributed by atoms with Gasteiger partial charge in [-0.1, -0.05) is 12.1 Å². The number of nitrogens with one attached hydrogen (secondary N) is 1. The van der Waals surface area contributed by atoms with Crippen molar-refractivity contribution < 1.29 is 4.92 Å². The number of nitrogens with two attached hydrogens (primary N) is 1. The number of rotatable bonds is 2. The summed E-state index contributed by atoms with van der Waals surface area (Å²) in [5.41, 5.74) is 6.93. The van der Waals surface area contributed by atoms with Crippen LogP contribution in [0.4, 0.5) is 11.4 Å². The minimum atomic E-state index is -0.437. The average Bonchev–Trinajstić information content (AvgIpc) is 2.70. The van der Waals surface area contributed by atoms with Crippen LogP contribution in [-0.4, -0.2) is 11.5 Å². The predicted molar refractivity (Wildman–Crippen MR) is 57.5 cm³/mol. The van der Waals surface area contributed by atoms with E-state index in [1.54, 1.807) is 6.07 Å². The second kappa shape index (κ2) is 3.86. The summed E-state index contributed by atoms with van der Waals surface area (Å²) in [7, 11) is 0. The van der Waals surface area contributed by atoms with Gasteiger partial charge in [-0.2, -0.15) is 0 Å². The Morgan fingerprint density at radius 1 is 1.53 bits per heavy atom. The van der Waals surface area contributed by atoms with E-state index in [1.807, 2.05) is 6.07 Å². The maximum Gasteiger partial charge on any atom is 0.292 e. The molecule has 0 unspecified atom stereocenters. The Bertz CT molecular complexity index is 386. The van der Waals surface area contributed by atoms with Crippen molar-refractivity contribution in [3.63, 3.8) is 0 Å². The topological polar surface area (TPSA) is 81.2 Å². The lowest BCUT2D eigenvalue weighted by Crippen LogP contribution is -2.15. The van der Waals surface area contributed by atoms with Gasteiger partial charge in [0.15, 0.2) is 0 Å². The molecule has 5 heteroatoms. The van der Waals surface area contributed by atoms with Crippen LogP contribution in [0.3, 0.4) is 0 Å². The first-order valence-corrected chi connectivity index (χ1v) is 4.96. The zero-order valence-electron chi connectivity index (χ0n) is 8.27. The molecule has 5 nitrogen and oxygen atoms in total. The van der Waals surface area contributed by atoms with Crippen LogP contribution in [0.1, 0.15) is 24.4 Å². The molecule has 1 aromatic rings. The van der Waals surface area contributed by atoms with Crippen LogP contribution in [0.5, 0.6) is 0 Å². The molecule has 1 aliphatic heterocycles. The van der Waals surface area contributed by atoms with Crippen molar-refractivity contribution in [2.45, 2.75) is 18.9 Å². The summed E-state index contributed by atoms with van der Waals surface area (Å²) >= 11 is 0. The fourth-order valence-electron chi connectivity index (χ4n) is 1.98. The van der Waals surface area contributed by atoms with Crippen molar-refractivity contribution in [3.05, 3.63) is 33.9 Å². The standard InChI is InChI=1S/C10H13N3O2/c11-10-7(8-4-2-6-12-8)3-1-5-9(10)13(14)15/h1,3,5,8,12H,2,4,6,11H2/t8-/m0/s1. The quantitative estimate of drug-likeness (QED) is 0.438. The average molecular weight is 207 g/mol. The number of hydrogen-bond donors (Lipinski definition) is 2. The van der Waals surface area contributed by atoms with E-state index >= 15 is 0 Å². The Morgan fingerprint density at radius 2 is 2.33 bits per heavy atom. The van der Waals surface area contributed by atoms with Crippen molar-refractivity contribution in [2.75, 3.05) is 12.3 Å². The van der Waals surface area contributed by atoms with Crippen molar-refractivity contribution in [3.8, 4) is 0 Å². The summed E-state index contributed by atoms with van der Waals surface area (Å²) < 4.78 is 0. The van der Waals surface area contributed by atoms with Crippen LogP contribution in [0.25, 0.3) is 0 Å². The zero-order chi connectivity index (χ0) is 10.8. The normalized spacial score (nSPS) is 20.4. The number of nitro benzene ring substituents is 1. The molecule has 0 bridgehead atoms. The second-order valence-corrected chi connectivity index (χ2v) is 3.69. The highest BCUT2D eigenvalue weighted by Gasteiger charge is 2.22. The van der Waals surface area contributed by atoms with Crippen LogP contribution in [0.2, 0.25) is 0 Å². The Balaban J connectivity index is 2.39. The van der Waals surface area contributed by atoms with Crippen LogP contribution in [0, 0.1) is 10.1 Å². The van der Waals surface area contributed by atoms with Crippen molar-refractivity contribution in [1.82, 2.24) is 5.32 Å². The van der Waals surface area contributed by atoms with Gasteiger partial charge in [-0.15, -0.1) is 0 Å². The van der Waals surface area contributed by atoms with Gasteiger partial charge < -0.3 is 11.1 Å². The van der Waals surface area contributed by atoms with E-state index in [-0.39, 0.29) is 11.7 Å². The summed E-state index contributed by atoms with van der Waals surface area (Å²) in [6, 6.07) is 5.15. The molecule has 1 aromatic carbocycles. The van der Waals surface area contributed by atoms with Gasteiger partial charge in [0.2, 0.25) is 0 Å². The Morgan fingerprint density at radius 3 is 2.93 bits per heavy atom. The van der Waals surface area contributed by atoms with Gasteiger partial charge in [0.25, 0.3) is 5.69 Å². The van der Waals surface area contributed by atoms with Crippen molar-refractivity contribution in [1.29, 1.82) is 0 Å². The first-order valence-electron chi connectivity index (χ1n) is 4.96. The van der Waals surface area contributed by atoms with Crippen LogP contribution >= 0.6 is 0 Å². The molecule has 0 aromatic heterocycles. The molecule has 1 fully saturated rings. The van der Waals surface area contributed by atoms with E-state index in [9.17, 15) is 10.1 Å². The molecule has 1 saturated heterocycles. The molecule has 0 spiro atoms. The monoisotopic (exact) mass is 207 g/mol. The molecule has 80 valence electrons. The number of benzene rings is 1. The predicted octanol–water partition coefficient (Wildman–Crippen LogP) is 1.60. The van der Waals surface area contributed by atoms with Gasteiger partial charge in [-0.05, 0) is 24.9 Å². The number of nitrogen functional groups attached to an aromatic ring is 1. The first-order chi connectivity index (χ1) is 7.20. The Labute approximate surface area is 87.4 Å². The van der Waals surface area contributed by atoms with Crippen molar-refractivity contribution in [2.24, 2.45) is 0 Å². The molecule has 1 heterocycles. The highest BCUT2D eigenvalue weighted by atomic mass is 16.6. The Hall–Kier alpha value is -1.62. The number of nitro groups is 1. The van der Waals surface area contributed by atoms with E-state index in [0.29, 0.717) is 5.69 Å². The third kappa shape index (κ3) is 1.78. The summed E-state index contributed by atoms with van der Waals surface area (Å²) in [6.07, 6.45) is 2.08. The smallest absolute Gasteiger partial charge is 0.292 e. The summed E-state index contributed by atoms with van der Waals surface area (Å²) in [6.45, 7) is 0.951. The lowest BCUT2D eigenvalue weighted by atomic mass is 10.0. The fourth-order valence-corrected chi connectivity index (χ4v) is 1.98. The lowest BCUT2D eigenvalue weighted by Gasteiger charge is -2.12. The second-order valence-electron chi connectivity index (χ2n) is 3.69. The molecule has 0 amide bonds. The van der Waals surface area contributed by atoms with E-state index in [1.165, 1.54) is 6.07 Å². The molecule has 0 aliphatic carbocycles. The number of nitrogens with zero attached hydrogens (tertiary/aromatic N) is 1. The van der Waals surface area contributed by atoms with Crippen LogP contribution < -0.4 is 11.1 Å². The molecule has 15 heavy (non-hydrogen) atoms. The molecular formula is C10H13N3O2. The number of para-hydroxylation sites is 1. The first kappa shape index (κ1) is 9.92. The molecule has 0 radical (unpaired) electrons. The summed E-state index contributed by atoms with van der Waals surface area (Å²) in [5.74, 6) is 0. The van der Waals surface area contributed by atoms with E-state index in [0.717, 1.165) is 24.9 Å². The van der Waals surface area contributed by atoms with Crippen LogP contribution in [-0.2, 0) is 0 Å². The lowest BCUT2D eigenvalue weighted by molar-refractivity contribution is -0.384. The van der Waals surface area contributed by atoms with Gasteiger partial charge in [0, 0.05) is 12.1 Å². The van der Waals surface area contributed by atoms with E-state index in [4.69, 9.17) is 5.73 Å². The SMILES string of the molecule is Nc1c([C@@H]2CCCN2)cccc1[N+](=O)[O-]. The van der Waals surface area contributed by atoms with Gasteiger partial charge in [-0.25, -0.2) is 0 Å².